The fourth-order valence-corrected chi connectivity index (χ4v) is 3.57. The van der Waals surface area contributed by atoms with Crippen molar-refractivity contribution in [2.75, 3.05) is 18.0 Å². The lowest BCUT2D eigenvalue weighted by Gasteiger charge is -2.33. The molecule has 2 heterocycles. The van der Waals surface area contributed by atoms with Gasteiger partial charge in [0.2, 0.25) is 5.91 Å². The van der Waals surface area contributed by atoms with Gasteiger partial charge in [0.1, 0.15) is 5.82 Å². The van der Waals surface area contributed by atoms with Crippen LogP contribution in [0.5, 0.6) is 0 Å². The maximum absolute atomic E-state index is 11.0. The van der Waals surface area contributed by atoms with E-state index in [9.17, 15) is 4.79 Å². The second-order valence-electron chi connectivity index (χ2n) is 6.24. The molecule has 1 saturated heterocycles. The van der Waals surface area contributed by atoms with Gasteiger partial charge in [0.05, 0.1) is 0 Å². The summed E-state index contributed by atoms with van der Waals surface area (Å²) in [5.41, 5.74) is 15.0. The second kappa shape index (κ2) is 6.02. The van der Waals surface area contributed by atoms with Crippen LogP contribution in [0.2, 0.25) is 0 Å². The summed E-state index contributed by atoms with van der Waals surface area (Å²) in [4.78, 5) is 18.2. The lowest BCUT2D eigenvalue weighted by molar-refractivity contribution is -0.119. The topological polar surface area (TPSA) is 85.2 Å². The average Bonchev–Trinajstić information content (AvgIpc) is 2.93. The molecule has 1 fully saturated rings. The van der Waals surface area contributed by atoms with E-state index < -0.39 is 0 Å². The maximum atomic E-state index is 11.0. The third-order valence-electron chi connectivity index (χ3n) is 4.73. The van der Waals surface area contributed by atoms with Crippen LogP contribution in [-0.2, 0) is 24.2 Å². The summed E-state index contributed by atoms with van der Waals surface area (Å²) in [6.07, 6.45) is 5.95. The molecule has 3 rings (SSSR count). The number of aryl methyl sites for hydroxylation is 2. The van der Waals surface area contributed by atoms with E-state index in [1.54, 1.807) is 0 Å². The predicted molar refractivity (Wildman–Crippen MR) is 82.9 cm³/mol. The number of pyridine rings is 1. The molecule has 21 heavy (non-hydrogen) atoms. The zero-order valence-corrected chi connectivity index (χ0v) is 12.5. The predicted octanol–water partition coefficient (Wildman–Crippen LogP) is 1.12. The highest BCUT2D eigenvalue weighted by molar-refractivity contribution is 5.74. The fraction of sp³-hybridized carbons (Fsp3) is 0.625. The second-order valence-corrected chi connectivity index (χ2v) is 6.24. The zero-order valence-electron chi connectivity index (χ0n) is 12.5. The van der Waals surface area contributed by atoms with E-state index in [0.29, 0.717) is 18.9 Å². The number of hydrogen-bond acceptors (Lipinski definition) is 4. The molecule has 5 nitrogen and oxygen atoms in total. The minimum Gasteiger partial charge on any atom is -0.370 e. The number of amides is 1. The van der Waals surface area contributed by atoms with Gasteiger partial charge >= 0.3 is 0 Å². The van der Waals surface area contributed by atoms with Gasteiger partial charge in [0.25, 0.3) is 0 Å². The highest BCUT2D eigenvalue weighted by Gasteiger charge is 2.24. The van der Waals surface area contributed by atoms with Crippen molar-refractivity contribution in [1.82, 2.24) is 4.98 Å². The van der Waals surface area contributed by atoms with Crippen molar-refractivity contribution in [1.29, 1.82) is 0 Å². The molecule has 5 heteroatoms. The average molecular weight is 288 g/mol. The Hall–Kier alpha value is -1.62. The van der Waals surface area contributed by atoms with Gasteiger partial charge < -0.3 is 16.4 Å². The Labute approximate surface area is 125 Å². The lowest BCUT2D eigenvalue weighted by Crippen LogP contribution is -2.36. The van der Waals surface area contributed by atoms with Crippen LogP contribution < -0.4 is 16.4 Å². The first-order valence-corrected chi connectivity index (χ1v) is 7.92. The SMILES string of the molecule is NCc1cc2c(nc1N1CCC(CC(N)=O)CC1)CCC2. The Morgan fingerprint density at radius 2 is 2.10 bits per heavy atom. The van der Waals surface area contributed by atoms with E-state index in [2.05, 4.69) is 11.0 Å². The van der Waals surface area contributed by atoms with Crippen LogP contribution in [0.15, 0.2) is 6.07 Å². The molecule has 2 aliphatic rings. The van der Waals surface area contributed by atoms with Crippen LogP contribution in [0.3, 0.4) is 0 Å². The number of nitrogens with zero attached hydrogens (tertiary/aromatic N) is 2. The van der Waals surface area contributed by atoms with Crippen molar-refractivity contribution in [3.63, 3.8) is 0 Å². The lowest BCUT2D eigenvalue weighted by atomic mass is 9.93. The zero-order chi connectivity index (χ0) is 14.8. The summed E-state index contributed by atoms with van der Waals surface area (Å²) >= 11 is 0. The smallest absolute Gasteiger partial charge is 0.217 e. The number of carbonyl (C=O) groups is 1. The minimum absolute atomic E-state index is 0.188. The number of aromatic nitrogens is 1. The molecule has 0 saturated carbocycles. The van der Waals surface area contributed by atoms with Crippen LogP contribution in [0.4, 0.5) is 5.82 Å². The molecular formula is C16H24N4O. The highest BCUT2D eigenvalue weighted by Crippen LogP contribution is 2.30. The molecule has 0 spiro atoms. The highest BCUT2D eigenvalue weighted by atomic mass is 16.1. The summed E-state index contributed by atoms with van der Waals surface area (Å²) < 4.78 is 0. The summed E-state index contributed by atoms with van der Waals surface area (Å²) in [5, 5.41) is 0. The first-order chi connectivity index (χ1) is 10.2. The summed E-state index contributed by atoms with van der Waals surface area (Å²) in [7, 11) is 0. The molecular weight excluding hydrogens is 264 g/mol. The van der Waals surface area contributed by atoms with Gasteiger partial charge in [-0.3, -0.25) is 4.79 Å². The molecule has 0 unspecified atom stereocenters. The number of anilines is 1. The van der Waals surface area contributed by atoms with Crippen LogP contribution >= 0.6 is 0 Å². The van der Waals surface area contributed by atoms with Crippen LogP contribution in [0.25, 0.3) is 0 Å². The van der Waals surface area contributed by atoms with Crippen LogP contribution in [-0.4, -0.2) is 24.0 Å². The largest absolute Gasteiger partial charge is 0.370 e. The molecule has 1 aliphatic heterocycles. The number of piperidine rings is 1. The summed E-state index contributed by atoms with van der Waals surface area (Å²) in [5.74, 6) is 1.30. The minimum atomic E-state index is -0.188. The number of rotatable bonds is 4. The Balaban J connectivity index is 1.74. The third kappa shape index (κ3) is 3.02. The Bertz CT molecular complexity index is 535. The van der Waals surface area contributed by atoms with E-state index >= 15 is 0 Å². The number of primary amides is 1. The fourth-order valence-electron chi connectivity index (χ4n) is 3.57. The molecule has 0 atom stereocenters. The Morgan fingerprint density at radius 1 is 1.33 bits per heavy atom. The van der Waals surface area contributed by atoms with Crippen LogP contribution in [0, 0.1) is 5.92 Å². The third-order valence-corrected chi connectivity index (χ3v) is 4.73. The first-order valence-electron chi connectivity index (χ1n) is 7.92. The van der Waals surface area contributed by atoms with E-state index in [1.807, 2.05) is 0 Å². The van der Waals surface area contributed by atoms with E-state index in [-0.39, 0.29) is 5.91 Å². The molecule has 4 N–H and O–H groups in total. The van der Waals surface area contributed by atoms with Crippen molar-refractivity contribution in [2.45, 2.75) is 45.1 Å². The molecule has 0 radical (unpaired) electrons. The molecule has 1 aromatic heterocycles. The van der Waals surface area contributed by atoms with Gasteiger partial charge in [-0.2, -0.15) is 0 Å². The number of nitrogens with two attached hydrogens (primary N) is 2. The van der Waals surface area contributed by atoms with Crippen molar-refractivity contribution < 1.29 is 4.79 Å². The molecule has 0 bridgehead atoms. The van der Waals surface area contributed by atoms with Crippen molar-refractivity contribution >= 4 is 11.7 Å². The summed E-state index contributed by atoms with van der Waals surface area (Å²) in [6, 6.07) is 2.25. The van der Waals surface area contributed by atoms with Gasteiger partial charge in [0.15, 0.2) is 0 Å². The number of fused-ring (bicyclic) bond motifs is 1. The standard InChI is InChI=1S/C16H24N4O/c17-10-13-9-12-2-1-3-14(12)19-16(13)20-6-4-11(5-7-20)8-15(18)21/h9,11H,1-8,10,17H2,(H2,18,21). The Kier molecular flexibility index (Phi) is 4.10. The first kappa shape index (κ1) is 14.3. The number of carbonyl (C=O) groups excluding carboxylic acids is 1. The van der Waals surface area contributed by atoms with Crippen molar-refractivity contribution in [2.24, 2.45) is 17.4 Å². The Morgan fingerprint density at radius 3 is 2.76 bits per heavy atom. The van der Waals surface area contributed by atoms with Crippen LogP contribution in [0.1, 0.15) is 42.5 Å². The van der Waals surface area contributed by atoms with Gasteiger partial charge in [-0.25, -0.2) is 4.98 Å². The molecule has 1 amide bonds. The van der Waals surface area contributed by atoms with E-state index in [4.69, 9.17) is 16.5 Å². The van der Waals surface area contributed by atoms with Gasteiger partial charge in [0, 0.05) is 37.3 Å². The molecule has 1 aromatic rings. The normalized spacial score (nSPS) is 18.8. The van der Waals surface area contributed by atoms with E-state index in [1.165, 1.54) is 17.7 Å². The summed E-state index contributed by atoms with van der Waals surface area (Å²) in [6.45, 7) is 2.42. The number of hydrogen-bond donors (Lipinski definition) is 2. The van der Waals surface area contributed by atoms with E-state index in [0.717, 1.165) is 50.2 Å². The monoisotopic (exact) mass is 288 g/mol. The van der Waals surface area contributed by atoms with Gasteiger partial charge in [-0.05, 0) is 49.7 Å². The quantitative estimate of drug-likeness (QED) is 0.869. The molecule has 1 aliphatic carbocycles. The molecule has 114 valence electrons. The van der Waals surface area contributed by atoms with Crippen molar-refractivity contribution in [3.05, 3.63) is 22.9 Å². The van der Waals surface area contributed by atoms with Gasteiger partial charge in [-0.1, -0.05) is 0 Å². The van der Waals surface area contributed by atoms with Crippen molar-refractivity contribution in [3.8, 4) is 0 Å². The molecule has 0 aromatic carbocycles. The maximum Gasteiger partial charge on any atom is 0.217 e. The van der Waals surface area contributed by atoms with Gasteiger partial charge in [-0.15, -0.1) is 0 Å².